The second kappa shape index (κ2) is 5.76. The Morgan fingerprint density at radius 2 is 1.53 bits per heavy atom. The smallest absolute Gasteiger partial charge is 0.123 e. The molecule has 3 heteroatoms. The quantitative estimate of drug-likeness (QED) is 0.556. The van der Waals surface area contributed by atoms with E-state index in [9.17, 15) is 4.39 Å². The molecule has 0 aliphatic carbocycles. The minimum absolute atomic E-state index is 0.00926. The Balaban J connectivity index is 2.52. The van der Waals surface area contributed by atoms with Crippen molar-refractivity contribution in [3.8, 4) is 0 Å². The highest BCUT2D eigenvalue weighted by atomic mass is 79.9. The number of benzene rings is 2. The molecule has 0 aliphatic rings. The molecule has 0 heterocycles. The van der Waals surface area contributed by atoms with Gasteiger partial charge in [-0.05, 0) is 66.8 Å². The lowest BCUT2D eigenvalue weighted by molar-refractivity contribution is 0.625. The van der Waals surface area contributed by atoms with Gasteiger partial charge in [-0.1, -0.05) is 44.0 Å². The lowest BCUT2D eigenvalue weighted by atomic mass is 9.96. The van der Waals surface area contributed by atoms with E-state index in [1.807, 2.05) is 13.0 Å². The number of halogens is 3. The van der Waals surface area contributed by atoms with Crippen molar-refractivity contribution in [1.82, 2.24) is 0 Å². The first-order chi connectivity index (χ1) is 8.90. The van der Waals surface area contributed by atoms with E-state index in [-0.39, 0.29) is 10.6 Å². The summed E-state index contributed by atoms with van der Waals surface area (Å²) in [5, 5.41) is 0. The Bertz CT molecular complexity index is 620. The van der Waals surface area contributed by atoms with Crippen LogP contribution in [0.25, 0.3) is 0 Å². The van der Waals surface area contributed by atoms with E-state index in [1.54, 1.807) is 6.07 Å². The Hall–Kier alpha value is -0.670. The van der Waals surface area contributed by atoms with E-state index < -0.39 is 0 Å². The topological polar surface area (TPSA) is 0 Å². The van der Waals surface area contributed by atoms with E-state index in [1.165, 1.54) is 22.8 Å². The van der Waals surface area contributed by atoms with Crippen LogP contribution >= 0.6 is 31.9 Å². The van der Waals surface area contributed by atoms with Crippen molar-refractivity contribution in [2.45, 2.75) is 25.6 Å². The van der Waals surface area contributed by atoms with Crippen LogP contribution in [-0.2, 0) is 0 Å². The molecule has 2 rings (SSSR count). The monoisotopic (exact) mass is 384 g/mol. The van der Waals surface area contributed by atoms with Gasteiger partial charge >= 0.3 is 0 Å². The molecule has 0 saturated carbocycles. The summed E-state index contributed by atoms with van der Waals surface area (Å²) in [4.78, 5) is 0.00926. The maximum atomic E-state index is 13.4. The average molecular weight is 386 g/mol. The number of hydrogen-bond acceptors (Lipinski definition) is 0. The Morgan fingerprint density at radius 1 is 0.895 bits per heavy atom. The van der Waals surface area contributed by atoms with Crippen molar-refractivity contribution in [2.24, 2.45) is 0 Å². The molecule has 100 valence electrons. The molecule has 0 nitrogen and oxygen atoms in total. The van der Waals surface area contributed by atoms with E-state index in [4.69, 9.17) is 0 Å². The molecule has 0 bridgehead atoms. The summed E-state index contributed by atoms with van der Waals surface area (Å²) in [6.45, 7) is 6.14. The minimum Gasteiger partial charge on any atom is -0.207 e. The van der Waals surface area contributed by atoms with E-state index in [2.05, 4.69) is 57.8 Å². The molecule has 0 fully saturated rings. The molecule has 0 radical (unpaired) electrons. The van der Waals surface area contributed by atoms with Crippen molar-refractivity contribution in [1.29, 1.82) is 0 Å². The van der Waals surface area contributed by atoms with Crippen molar-refractivity contribution in [3.63, 3.8) is 0 Å². The minimum atomic E-state index is -0.198. The molecule has 1 atom stereocenters. The molecule has 0 aromatic heterocycles. The van der Waals surface area contributed by atoms with Crippen molar-refractivity contribution >= 4 is 31.9 Å². The fraction of sp³-hybridized carbons (Fsp3) is 0.250. The third-order valence-corrected chi connectivity index (χ3v) is 5.18. The van der Waals surface area contributed by atoms with Crippen LogP contribution in [0.1, 0.15) is 32.6 Å². The Kier molecular flexibility index (Phi) is 4.46. The first-order valence-corrected chi connectivity index (χ1v) is 7.77. The summed E-state index contributed by atoms with van der Waals surface area (Å²) in [7, 11) is 0. The van der Waals surface area contributed by atoms with Gasteiger partial charge < -0.3 is 0 Å². The zero-order chi connectivity index (χ0) is 14.2. The first kappa shape index (κ1) is 14.7. The largest absolute Gasteiger partial charge is 0.207 e. The van der Waals surface area contributed by atoms with Gasteiger partial charge in [0, 0.05) is 4.47 Å². The van der Waals surface area contributed by atoms with Crippen molar-refractivity contribution in [3.05, 3.63) is 68.4 Å². The van der Waals surface area contributed by atoms with Crippen LogP contribution < -0.4 is 0 Å². The lowest BCUT2D eigenvalue weighted by Gasteiger charge is -2.17. The zero-order valence-corrected chi connectivity index (χ0v) is 14.3. The highest BCUT2D eigenvalue weighted by Crippen LogP contribution is 2.36. The van der Waals surface area contributed by atoms with Crippen molar-refractivity contribution < 1.29 is 4.39 Å². The van der Waals surface area contributed by atoms with Crippen LogP contribution in [0, 0.1) is 26.6 Å². The number of alkyl halides is 1. The summed E-state index contributed by atoms with van der Waals surface area (Å²) in [6, 6.07) is 9.17. The number of rotatable bonds is 2. The van der Waals surface area contributed by atoms with Crippen molar-refractivity contribution in [2.75, 3.05) is 0 Å². The third-order valence-electron chi connectivity index (χ3n) is 3.33. The number of aryl methyl sites for hydroxylation is 3. The zero-order valence-electron chi connectivity index (χ0n) is 11.1. The second-order valence-corrected chi connectivity index (χ2v) is 6.59. The normalized spacial score (nSPS) is 12.5. The van der Waals surface area contributed by atoms with Gasteiger partial charge in [0.25, 0.3) is 0 Å². The van der Waals surface area contributed by atoms with E-state index in [0.717, 1.165) is 15.6 Å². The second-order valence-electron chi connectivity index (χ2n) is 4.82. The van der Waals surface area contributed by atoms with Crippen LogP contribution in [0.4, 0.5) is 4.39 Å². The van der Waals surface area contributed by atoms with Crippen LogP contribution in [0.2, 0.25) is 0 Å². The number of hydrogen-bond donors (Lipinski definition) is 0. The van der Waals surface area contributed by atoms with Gasteiger partial charge in [0.2, 0.25) is 0 Å². The molecule has 0 spiro atoms. The fourth-order valence-corrected chi connectivity index (χ4v) is 3.57. The summed E-state index contributed by atoms with van der Waals surface area (Å²) in [5.74, 6) is -0.198. The summed E-state index contributed by atoms with van der Waals surface area (Å²) >= 11 is 7.24. The molecule has 2 aromatic carbocycles. The van der Waals surface area contributed by atoms with Crippen LogP contribution in [-0.4, -0.2) is 0 Å². The third kappa shape index (κ3) is 3.09. The van der Waals surface area contributed by atoms with Gasteiger partial charge in [-0.25, -0.2) is 4.39 Å². The fourth-order valence-electron chi connectivity index (χ4n) is 2.13. The van der Waals surface area contributed by atoms with Crippen LogP contribution in [0.3, 0.4) is 0 Å². The lowest BCUT2D eigenvalue weighted by Crippen LogP contribution is -2.00. The summed E-state index contributed by atoms with van der Waals surface area (Å²) in [5.41, 5.74) is 5.60. The SMILES string of the molecule is Cc1cc(C(Br)c2cc(F)ccc2C)c(C)cc1Br. The van der Waals surface area contributed by atoms with Crippen LogP contribution in [0.15, 0.2) is 34.8 Å². The summed E-state index contributed by atoms with van der Waals surface area (Å²) < 4.78 is 14.5. The first-order valence-electron chi connectivity index (χ1n) is 6.07. The van der Waals surface area contributed by atoms with Gasteiger partial charge in [0.15, 0.2) is 0 Å². The molecular weight excluding hydrogens is 371 g/mol. The molecule has 1 unspecified atom stereocenters. The van der Waals surface area contributed by atoms with Crippen LogP contribution in [0.5, 0.6) is 0 Å². The predicted molar refractivity (Wildman–Crippen MR) is 85.5 cm³/mol. The van der Waals surface area contributed by atoms with Gasteiger partial charge in [-0.3, -0.25) is 0 Å². The maximum absolute atomic E-state index is 13.4. The molecule has 0 amide bonds. The molecule has 0 saturated heterocycles. The molecule has 2 aromatic rings. The molecule has 0 aliphatic heterocycles. The Labute approximate surface area is 130 Å². The highest BCUT2D eigenvalue weighted by Gasteiger charge is 2.16. The molecule has 0 N–H and O–H groups in total. The van der Waals surface area contributed by atoms with E-state index >= 15 is 0 Å². The Morgan fingerprint density at radius 3 is 2.21 bits per heavy atom. The standard InChI is InChI=1S/C16H15Br2F/c1-9-4-5-12(19)8-14(9)16(18)13-6-11(3)15(17)7-10(13)2/h4-8,16H,1-3H3. The van der Waals surface area contributed by atoms with Gasteiger partial charge in [0.1, 0.15) is 5.82 Å². The highest BCUT2D eigenvalue weighted by molar-refractivity contribution is 9.10. The van der Waals surface area contributed by atoms with Gasteiger partial charge in [-0.2, -0.15) is 0 Å². The maximum Gasteiger partial charge on any atom is 0.123 e. The van der Waals surface area contributed by atoms with Gasteiger partial charge in [-0.15, -0.1) is 0 Å². The molecular formula is C16H15Br2F. The predicted octanol–water partition coefficient (Wildman–Crippen LogP) is 6.00. The molecule has 19 heavy (non-hydrogen) atoms. The van der Waals surface area contributed by atoms with Gasteiger partial charge in [0.05, 0.1) is 4.83 Å². The summed E-state index contributed by atoms with van der Waals surface area (Å²) in [6.07, 6.45) is 0. The van der Waals surface area contributed by atoms with E-state index in [0.29, 0.717) is 0 Å². The average Bonchev–Trinajstić information content (AvgIpc) is 2.36.